The summed E-state index contributed by atoms with van der Waals surface area (Å²) in [6, 6.07) is 23.3. The van der Waals surface area contributed by atoms with E-state index in [1.807, 2.05) is 48.5 Å². The summed E-state index contributed by atoms with van der Waals surface area (Å²) in [6.45, 7) is 1.91. The molecule has 1 N–H and O–H groups in total. The second-order valence-electron chi connectivity index (χ2n) is 7.42. The van der Waals surface area contributed by atoms with Crippen LogP contribution in [-0.2, 0) is 17.8 Å². The summed E-state index contributed by atoms with van der Waals surface area (Å²) in [5.41, 5.74) is 3.73. The molecule has 0 fully saturated rings. The van der Waals surface area contributed by atoms with E-state index in [0.29, 0.717) is 29.8 Å². The summed E-state index contributed by atoms with van der Waals surface area (Å²) in [5.74, 6) is -0.417. The Morgan fingerprint density at radius 1 is 0.933 bits per heavy atom. The van der Waals surface area contributed by atoms with Gasteiger partial charge in [0.1, 0.15) is 6.04 Å². The van der Waals surface area contributed by atoms with Gasteiger partial charge in [0.15, 0.2) is 5.78 Å². The van der Waals surface area contributed by atoms with Gasteiger partial charge in [-0.1, -0.05) is 48.5 Å². The number of fused-ring (bicyclic) bond motifs is 1. The molecule has 0 saturated carbocycles. The minimum absolute atomic E-state index is 0.0322. The third kappa shape index (κ3) is 4.01. The van der Waals surface area contributed by atoms with E-state index in [1.54, 1.807) is 35.2 Å². The lowest BCUT2D eigenvalue weighted by molar-refractivity contribution is -0.120. The number of carbonyl (C=O) groups excluding carboxylic acids is 3. The van der Waals surface area contributed by atoms with Crippen LogP contribution in [0.2, 0.25) is 0 Å². The highest BCUT2D eigenvalue weighted by Gasteiger charge is 2.36. The van der Waals surface area contributed by atoms with E-state index in [1.165, 1.54) is 6.92 Å². The molecule has 150 valence electrons. The Kier molecular flexibility index (Phi) is 5.44. The van der Waals surface area contributed by atoms with Crippen molar-refractivity contribution in [2.45, 2.75) is 25.9 Å². The van der Waals surface area contributed by atoms with E-state index >= 15 is 0 Å². The number of hydrogen-bond acceptors (Lipinski definition) is 3. The quantitative estimate of drug-likeness (QED) is 0.636. The van der Waals surface area contributed by atoms with Gasteiger partial charge in [0.25, 0.3) is 5.91 Å². The lowest BCUT2D eigenvalue weighted by Crippen LogP contribution is -2.45. The van der Waals surface area contributed by atoms with E-state index in [4.69, 9.17) is 0 Å². The Labute approximate surface area is 175 Å². The summed E-state index contributed by atoms with van der Waals surface area (Å²) in [6.07, 6.45) is 0.415. The van der Waals surface area contributed by atoms with Crippen molar-refractivity contribution >= 4 is 23.3 Å². The van der Waals surface area contributed by atoms with Crippen LogP contribution in [0.3, 0.4) is 0 Å². The lowest BCUT2D eigenvalue weighted by atomic mass is 10.0. The first-order chi connectivity index (χ1) is 14.5. The molecular formula is C25H22N2O3. The fraction of sp³-hybridized carbons (Fsp3) is 0.160. The Balaban J connectivity index is 1.59. The topological polar surface area (TPSA) is 66.5 Å². The number of carbonyl (C=O) groups is 3. The number of anilines is 1. The molecule has 0 unspecified atom stereocenters. The van der Waals surface area contributed by atoms with Crippen molar-refractivity contribution in [1.29, 1.82) is 0 Å². The Morgan fingerprint density at radius 3 is 2.27 bits per heavy atom. The number of nitrogens with one attached hydrogen (secondary N) is 1. The fourth-order valence-electron chi connectivity index (χ4n) is 3.72. The van der Waals surface area contributed by atoms with Crippen LogP contribution in [0.25, 0.3) is 0 Å². The van der Waals surface area contributed by atoms with Gasteiger partial charge in [-0.25, -0.2) is 0 Å². The molecular weight excluding hydrogens is 376 g/mol. The molecule has 0 spiro atoms. The smallest absolute Gasteiger partial charge is 0.255 e. The molecule has 4 rings (SSSR count). The van der Waals surface area contributed by atoms with Gasteiger partial charge in [-0.2, -0.15) is 0 Å². The van der Waals surface area contributed by atoms with E-state index in [0.717, 1.165) is 11.1 Å². The van der Waals surface area contributed by atoms with Crippen molar-refractivity contribution < 1.29 is 14.4 Å². The van der Waals surface area contributed by atoms with Gasteiger partial charge in [0.2, 0.25) is 5.91 Å². The van der Waals surface area contributed by atoms with Crippen LogP contribution in [0.1, 0.15) is 38.8 Å². The van der Waals surface area contributed by atoms with Gasteiger partial charge in [-0.15, -0.1) is 0 Å². The molecule has 0 radical (unpaired) electrons. The van der Waals surface area contributed by atoms with E-state index in [9.17, 15) is 14.4 Å². The number of Topliss-reactive ketones (excluding diaryl/α,β-unsaturated/α-hetero) is 1. The summed E-state index contributed by atoms with van der Waals surface area (Å²) in [4.78, 5) is 39.4. The predicted molar refractivity (Wildman–Crippen MR) is 115 cm³/mol. The van der Waals surface area contributed by atoms with E-state index in [2.05, 4.69) is 5.32 Å². The summed E-state index contributed by atoms with van der Waals surface area (Å²) in [7, 11) is 0. The van der Waals surface area contributed by atoms with Crippen LogP contribution < -0.4 is 5.32 Å². The zero-order valence-electron chi connectivity index (χ0n) is 16.7. The first-order valence-corrected chi connectivity index (χ1v) is 9.87. The SMILES string of the molecule is CC(=O)c1ccc(NC(=O)[C@H](Cc2ccccc2)N2Cc3ccccc3C2=O)cc1. The van der Waals surface area contributed by atoms with Crippen LogP contribution in [0, 0.1) is 0 Å². The molecule has 1 aliphatic heterocycles. The van der Waals surface area contributed by atoms with Crippen LogP contribution >= 0.6 is 0 Å². The lowest BCUT2D eigenvalue weighted by Gasteiger charge is -2.27. The molecule has 5 nitrogen and oxygen atoms in total. The number of ketones is 1. The molecule has 3 aromatic rings. The highest BCUT2D eigenvalue weighted by molar-refractivity contribution is 6.04. The van der Waals surface area contributed by atoms with Gasteiger partial charge in [-0.05, 0) is 48.4 Å². The van der Waals surface area contributed by atoms with Crippen LogP contribution in [0.4, 0.5) is 5.69 Å². The van der Waals surface area contributed by atoms with Crippen molar-refractivity contribution in [2.24, 2.45) is 0 Å². The van der Waals surface area contributed by atoms with Crippen molar-refractivity contribution in [3.8, 4) is 0 Å². The predicted octanol–water partition coefficient (Wildman–Crippen LogP) is 4.10. The molecule has 0 bridgehead atoms. The third-order valence-corrected chi connectivity index (χ3v) is 5.36. The maximum atomic E-state index is 13.2. The van der Waals surface area contributed by atoms with Gasteiger partial charge >= 0.3 is 0 Å². The second-order valence-corrected chi connectivity index (χ2v) is 7.42. The highest BCUT2D eigenvalue weighted by Crippen LogP contribution is 2.26. The molecule has 3 aromatic carbocycles. The fourth-order valence-corrected chi connectivity index (χ4v) is 3.72. The van der Waals surface area contributed by atoms with Gasteiger partial charge in [0.05, 0.1) is 0 Å². The van der Waals surface area contributed by atoms with Crippen molar-refractivity contribution in [3.05, 3.63) is 101 Å². The Hall–Kier alpha value is -3.73. The largest absolute Gasteiger partial charge is 0.324 e. The average molecular weight is 398 g/mol. The monoisotopic (exact) mass is 398 g/mol. The molecule has 0 aromatic heterocycles. The second kappa shape index (κ2) is 8.33. The van der Waals surface area contributed by atoms with Crippen molar-refractivity contribution in [1.82, 2.24) is 4.90 Å². The zero-order chi connectivity index (χ0) is 21.1. The Morgan fingerprint density at radius 2 is 1.60 bits per heavy atom. The molecule has 5 heteroatoms. The molecule has 0 saturated heterocycles. The number of amides is 2. The molecule has 30 heavy (non-hydrogen) atoms. The molecule has 1 aliphatic rings. The Bertz CT molecular complexity index is 1090. The number of benzene rings is 3. The van der Waals surface area contributed by atoms with Gasteiger partial charge in [0, 0.05) is 29.8 Å². The van der Waals surface area contributed by atoms with Gasteiger partial charge in [-0.3, -0.25) is 14.4 Å². The van der Waals surface area contributed by atoms with Crippen molar-refractivity contribution in [3.63, 3.8) is 0 Å². The summed E-state index contributed by atoms with van der Waals surface area (Å²) in [5, 5.41) is 2.91. The minimum atomic E-state index is -0.653. The third-order valence-electron chi connectivity index (χ3n) is 5.36. The maximum Gasteiger partial charge on any atom is 0.255 e. The van der Waals surface area contributed by atoms with E-state index in [-0.39, 0.29) is 17.6 Å². The summed E-state index contributed by atoms with van der Waals surface area (Å²) < 4.78 is 0. The standard InChI is InChI=1S/C25H22N2O3/c1-17(28)19-11-13-21(14-12-19)26-24(29)23(15-18-7-3-2-4-8-18)27-16-20-9-5-6-10-22(20)25(27)30/h2-14,23H,15-16H2,1H3,(H,26,29)/t23-/m0/s1. The molecule has 1 heterocycles. The minimum Gasteiger partial charge on any atom is -0.324 e. The average Bonchev–Trinajstić information content (AvgIpc) is 3.09. The maximum absolute atomic E-state index is 13.2. The van der Waals surface area contributed by atoms with Crippen LogP contribution in [-0.4, -0.2) is 28.5 Å². The normalized spacial score (nSPS) is 13.6. The van der Waals surface area contributed by atoms with Crippen LogP contribution in [0.15, 0.2) is 78.9 Å². The van der Waals surface area contributed by atoms with Gasteiger partial charge < -0.3 is 10.2 Å². The molecule has 2 amide bonds. The molecule has 0 aliphatic carbocycles. The number of hydrogen-bond donors (Lipinski definition) is 1. The number of nitrogens with zero attached hydrogens (tertiary/aromatic N) is 1. The van der Waals surface area contributed by atoms with Crippen LogP contribution in [0.5, 0.6) is 0 Å². The van der Waals surface area contributed by atoms with E-state index < -0.39 is 6.04 Å². The summed E-state index contributed by atoms with van der Waals surface area (Å²) >= 11 is 0. The first-order valence-electron chi connectivity index (χ1n) is 9.87. The van der Waals surface area contributed by atoms with Crippen molar-refractivity contribution in [2.75, 3.05) is 5.32 Å². The zero-order valence-corrected chi connectivity index (χ0v) is 16.7. The highest BCUT2D eigenvalue weighted by atomic mass is 16.2. The number of rotatable bonds is 6. The first kappa shape index (κ1) is 19.6. The molecule has 1 atom stereocenters.